The van der Waals surface area contributed by atoms with Gasteiger partial charge in [0.05, 0.1) is 6.20 Å². The monoisotopic (exact) mass is 233 g/mol. The number of hydrogen-bond donors (Lipinski definition) is 2. The van der Waals surface area contributed by atoms with Gasteiger partial charge in [0.1, 0.15) is 5.82 Å². The summed E-state index contributed by atoms with van der Waals surface area (Å²) in [5.74, 6) is 1.28. The number of aromatic nitrogens is 3. The Balaban J connectivity index is 2.30. The number of imidazole rings is 1. The smallest absolute Gasteiger partial charge is 0.180 e. The molecule has 5 heteroatoms. The molecule has 3 N–H and O–H groups in total. The molecule has 0 radical (unpaired) electrons. The normalized spacial score (nSPS) is 12.8. The van der Waals surface area contributed by atoms with Gasteiger partial charge in [-0.2, -0.15) is 0 Å². The molecule has 0 aliphatic heterocycles. The molecule has 2 aromatic heterocycles. The third-order valence-electron chi connectivity index (χ3n) is 2.86. The van der Waals surface area contributed by atoms with E-state index in [0.29, 0.717) is 11.9 Å². The fourth-order valence-corrected chi connectivity index (χ4v) is 1.97. The van der Waals surface area contributed by atoms with E-state index in [2.05, 4.69) is 29.1 Å². The Hall–Kier alpha value is -1.78. The summed E-state index contributed by atoms with van der Waals surface area (Å²) in [6.45, 7) is 4.35. The molecule has 0 aromatic carbocycles. The van der Waals surface area contributed by atoms with Crippen LogP contribution in [-0.2, 0) is 0 Å². The number of rotatable bonds is 5. The highest BCUT2D eigenvalue weighted by molar-refractivity contribution is 5.65. The first-order valence-electron chi connectivity index (χ1n) is 6.10. The predicted molar refractivity (Wildman–Crippen MR) is 70.0 cm³/mol. The van der Waals surface area contributed by atoms with Crippen molar-refractivity contribution in [1.82, 2.24) is 14.4 Å². The lowest BCUT2D eigenvalue weighted by atomic mass is 10.1. The molecule has 5 nitrogen and oxygen atoms in total. The molecule has 0 saturated carbocycles. The van der Waals surface area contributed by atoms with Gasteiger partial charge in [0.2, 0.25) is 0 Å². The fourth-order valence-electron chi connectivity index (χ4n) is 1.97. The predicted octanol–water partition coefficient (Wildman–Crippen LogP) is 2.30. The Kier molecular flexibility index (Phi) is 3.46. The van der Waals surface area contributed by atoms with E-state index < -0.39 is 0 Å². The minimum absolute atomic E-state index is 0.426. The first-order valence-corrected chi connectivity index (χ1v) is 6.10. The molecule has 0 amide bonds. The standard InChI is InChI=1S/C12H19N5/c1-3-5-9(4-2)15-11-12-14-6-7-17(12)8-10(13)16-11/h6-9H,3-5,13H2,1-2H3,(H,15,16). The van der Waals surface area contributed by atoms with Crippen LogP contribution in [0.3, 0.4) is 0 Å². The van der Waals surface area contributed by atoms with Crippen molar-refractivity contribution < 1.29 is 0 Å². The van der Waals surface area contributed by atoms with Crippen LogP contribution in [0.5, 0.6) is 0 Å². The zero-order chi connectivity index (χ0) is 12.3. The van der Waals surface area contributed by atoms with E-state index >= 15 is 0 Å². The molecule has 0 aliphatic rings. The molecule has 2 heterocycles. The van der Waals surface area contributed by atoms with Crippen molar-refractivity contribution in [1.29, 1.82) is 0 Å². The molecule has 0 spiro atoms. The number of nitrogens with zero attached hydrogens (tertiary/aromatic N) is 3. The van der Waals surface area contributed by atoms with Gasteiger partial charge in [-0.15, -0.1) is 0 Å². The van der Waals surface area contributed by atoms with Gasteiger partial charge in [-0.3, -0.25) is 0 Å². The maximum Gasteiger partial charge on any atom is 0.180 e. The number of nitrogen functional groups attached to an aromatic ring is 1. The summed E-state index contributed by atoms with van der Waals surface area (Å²) in [7, 11) is 0. The van der Waals surface area contributed by atoms with Crippen molar-refractivity contribution in [3.63, 3.8) is 0 Å². The number of fused-ring (bicyclic) bond motifs is 1. The average molecular weight is 233 g/mol. The third kappa shape index (κ3) is 2.49. The van der Waals surface area contributed by atoms with Gasteiger partial charge in [-0.05, 0) is 12.8 Å². The zero-order valence-corrected chi connectivity index (χ0v) is 10.3. The lowest BCUT2D eigenvalue weighted by Crippen LogP contribution is -2.19. The van der Waals surface area contributed by atoms with Gasteiger partial charge in [0, 0.05) is 18.4 Å². The van der Waals surface area contributed by atoms with Gasteiger partial charge >= 0.3 is 0 Å². The maximum absolute atomic E-state index is 5.78. The van der Waals surface area contributed by atoms with E-state index in [4.69, 9.17) is 5.73 Å². The van der Waals surface area contributed by atoms with E-state index in [-0.39, 0.29) is 0 Å². The minimum Gasteiger partial charge on any atom is -0.382 e. The lowest BCUT2D eigenvalue weighted by molar-refractivity contribution is 0.621. The molecule has 1 atom stereocenters. The molecular weight excluding hydrogens is 214 g/mol. The number of hydrogen-bond acceptors (Lipinski definition) is 4. The topological polar surface area (TPSA) is 68.2 Å². The quantitative estimate of drug-likeness (QED) is 0.831. The van der Waals surface area contributed by atoms with Crippen LogP contribution in [0.1, 0.15) is 33.1 Å². The van der Waals surface area contributed by atoms with Crippen molar-refractivity contribution in [2.45, 2.75) is 39.2 Å². The van der Waals surface area contributed by atoms with E-state index in [1.807, 2.05) is 10.6 Å². The summed E-state index contributed by atoms with van der Waals surface area (Å²) in [6.07, 6.45) is 8.74. The maximum atomic E-state index is 5.78. The summed E-state index contributed by atoms with van der Waals surface area (Å²) >= 11 is 0. The first-order chi connectivity index (χ1) is 8.24. The Morgan fingerprint density at radius 3 is 3.00 bits per heavy atom. The Bertz CT molecular complexity index is 491. The largest absolute Gasteiger partial charge is 0.382 e. The van der Waals surface area contributed by atoms with E-state index in [1.54, 1.807) is 12.4 Å². The fraction of sp³-hybridized carbons (Fsp3) is 0.500. The Labute approximate surface area is 101 Å². The van der Waals surface area contributed by atoms with Crippen LogP contribution in [-0.4, -0.2) is 20.4 Å². The first kappa shape index (κ1) is 11.7. The van der Waals surface area contributed by atoms with Gasteiger partial charge in [0.15, 0.2) is 11.5 Å². The molecule has 17 heavy (non-hydrogen) atoms. The van der Waals surface area contributed by atoms with Crippen LogP contribution in [0.2, 0.25) is 0 Å². The second-order valence-corrected chi connectivity index (χ2v) is 4.21. The van der Waals surface area contributed by atoms with Crippen molar-refractivity contribution in [3.05, 3.63) is 18.6 Å². The molecular formula is C12H19N5. The molecule has 92 valence electrons. The number of nitrogens with one attached hydrogen (secondary N) is 1. The summed E-state index contributed by atoms with van der Waals surface area (Å²) in [5, 5.41) is 3.43. The second-order valence-electron chi connectivity index (χ2n) is 4.21. The highest BCUT2D eigenvalue weighted by Crippen LogP contribution is 2.17. The van der Waals surface area contributed by atoms with Gasteiger partial charge < -0.3 is 15.5 Å². The van der Waals surface area contributed by atoms with Crippen LogP contribution in [0.15, 0.2) is 18.6 Å². The van der Waals surface area contributed by atoms with Crippen molar-refractivity contribution in [3.8, 4) is 0 Å². The van der Waals surface area contributed by atoms with Crippen LogP contribution in [0.25, 0.3) is 5.65 Å². The average Bonchev–Trinajstić information content (AvgIpc) is 2.76. The third-order valence-corrected chi connectivity index (χ3v) is 2.86. The van der Waals surface area contributed by atoms with Crippen LogP contribution in [0.4, 0.5) is 11.6 Å². The van der Waals surface area contributed by atoms with Gasteiger partial charge in [0.25, 0.3) is 0 Å². The SMILES string of the molecule is CCCC(CC)Nc1nc(N)cn2ccnc12. The molecule has 2 rings (SSSR count). The Morgan fingerprint density at radius 1 is 1.47 bits per heavy atom. The minimum atomic E-state index is 0.426. The summed E-state index contributed by atoms with van der Waals surface area (Å²) in [6, 6.07) is 0.426. The van der Waals surface area contributed by atoms with Crippen LogP contribution >= 0.6 is 0 Å². The lowest BCUT2D eigenvalue weighted by Gasteiger charge is -2.17. The summed E-state index contributed by atoms with van der Waals surface area (Å²) in [4.78, 5) is 8.62. The number of anilines is 2. The molecule has 2 aromatic rings. The second kappa shape index (κ2) is 5.03. The number of nitrogens with two attached hydrogens (primary N) is 1. The van der Waals surface area contributed by atoms with Crippen molar-refractivity contribution >= 4 is 17.3 Å². The van der Waals surface area contributed by atoms with E-state index in [0.717, 1.165) is 30.7 Å². The van der Waals surface area contributed by atoms with Crippen molar-refractivity contribution in [2.24, 2.45) is 0 Å². The Morgan fingerprint density at radius 2 is 2.29 bits per heavy atom. The molecule has 1 unspecified atom stereocenters. The summed E-state index contributed by atoms with van der Waals surface area (Å²) < 4.78 is 1.89. The van der Waals surface area contributed by atoms with Gasteiger partial charge in [-0.25, -0.2) is 9.97 Å². The molecule has 0 aliphatic carbocycles. The van der Waals surface area contributed by atoms with Crippen LogP contribution < -0.4 is 11.1 Å². The van der Waals surface area contributed by atoms with E-state index in [1.165, 1.54) is 0 Å². The summed E-state index contributed by atoms with van der Waals surface area (Å²) in [5.41, 5.74) is 6.60. The highest BCUT2D eigenvalue weighted by atomic mass is 15.1. The van der Waals surface area contributed by atoms with Gasteiger partial charge in [-0.1, -0.05) is 20.3 Å². The highest BCUT2D eigenvalue weighted by Gasteiger charge is 2.10. The van der Waals surface area contributed by atoms with Crippen LogP contribution in [0, 0.1) is 0 Å². The molecule has 0 bridgehead atoms. The van der Waals surface area contributed by atoms with Crippen molar-refractivity contribution in [2.75, 3.05) is 11.1 Å². The molecule has 0 fully saturated rings. The zero-order valence-electron chi connectivity index (χ0n) is 10.3. The van der Waals surface area contributed by atoms with E-state index in [9.17, 15) is 0 Å². The molecule has 0 saturated heterocycles.